The summed E-state index contributed by atoms with van der Waals surface area (Å²) in [5.74, 6) is -0.783. The molecule has 2 aromatic rings. The monoisotopic (exact) mass is 947 g/mol. The summed E-state index contributed by atoms with van der Waals surface area (Å²) in [6, 6.07) is 0. The third-order valence-corrected chi connectivity index (χ3v) is 11.6. The Kier molecular flexibility index (Phi) is 27.7. The molecule has 21 nitrogen and oxygen atoms in total. The summed E-state index contributed by atoms with van der Waals surface area (Å²) >= 11 is 0. The molecule has 2 aliphatic heterocycles. The van der Waals surface area contributed by atoms with Crippen LogP contribution < -0.4 is 0 Å². The first-order chi connectivity index (χ1) is 32.1. The molecule has 0 saturated carbocycles. The fourth-order valence-electron chi connectivity index (χ4n) is 7.43. The molecular weight excluding hydrogens is 865 g/mol. The van der Waals surface area contributed by atoms with Crippen LogP contribution in [0.25, 0.3) is 0 Å². The van der Waals surface area contributed by atoms with Crippen molar-refractivity contribution in [3.05, 3.63) is 23.8 Å². The zero-order valence-electron chi connectivity index (χ0n) is 39.8. The molecule has 382 valence electrons. The van der Waals surface area contributed by atoms with E-state index in [0.29, 0.717) is 64.2 Å². The van der Waals surface area contributed by atoms with Gasteiger partial charge in [-0.05, 0) is 25.7 Å². The van der Waals surface area contributed by atoms with Crippen molar-refractivity contribution >= 4 is 0 Å². The first-order valence-corrected chi connectivity index (χ1v) is 24.4. The Morgan fingerprint density at radius 2 is 0.970 bits per heavy atom. The Hall–Kier alpha value is -2.32. The van der Waals surface area contributed by atoms with Gasteiger partial charge in [0.25, 0.3) is 0 Å². The zero-order valence-corrected chi connectivity index (χ0v) is 39.8. The average Bonchev–Trinajstić information content (AvgIpc) is 3.96. The smallest absolute Gasteiger partial charge is 0.189 e. The summed E-state index contributed by atoms with van der Waals surface area (Å²) in [7, 11) is 0. The quantitative estimate of drug-likeness (QED) is 0.0534. The van der Waals surface area contributed by atoms with Crippen LogP contribution in [-0.4, -0.2) is 188 Å². The lowest BCUT2D eigenvalue weighted by Crippen LogP contribution is -2.60. The second-order valence-electron chi connectivity index (χ2n) is 17.4. The number of aliphatic hydroxyl groups is 6. The first kappa shape index (κ1) is 56.3. The van der Waals surface area contributed by atoms with E-state index in [4.69, 9.17) is 42.6 Å². The largest absolute Gasteiger partial charge is 0.390 e. The Bertz CT molecular complexity index is 1480. The van der Waals surface area contributed by atoms with Gasteiger partial charge in [-0.3, -0.25) is 4.68 Å². The maximum absolute atomic E-state index is 11.1. The standard InChI is InChI=1S/C45H82N6O15/c1-5-9-13-17-58-28-35(29-59-18-14-10-6-2)62-26-33-22-50(48-46-33)21-32-25-64-44(42(56)40(54)38(32)52)66-45-43(57)41(55)39(53)37(65-45)24-51-23-34(47-49-51)27-63-36(30-60-19-15-11-7-3)31-61-20-16-12-8-4/h22-23,32,35-45,52-57H,5-21,24-31H2,1-4H3/t32?,37?,38-,39-,40?,41?,42?,43?,44-,45-/m1/s1. The molecule has 66 heavy (non-hydrogen) atoms. The van der Waals surface area contributed by atoms with Gasteiger partial charge in [0, 0.05) is 32.3 Å². The van der Waals surface area contributed by atoms with E-state index in [1.165, 1.54) is 9.36 Å². The Morgan fingerprint density at radius 1 is 0.545 bits per heavy atom. The van der Waals surface area contributed by atoms with Crippen molar-refractivity contribution in [1.82, 2.24) is 30.0 Å². The highest BCUT2D eigenvalue weighted by atomic mass is 16.8. The topological polar surface area (TPSA) is 266 Å². The van der Waals surface area contributed by atoms with Crippen LogP contribution in [0, 0.1) is 5.92 Å². The van der Waals surface area contributed by atoms with Crippen molar-refractivity contribution in [2.75, 3.05) is 59.5 Å². The van der Waals surface area contributed by atoms with Crippen LogP contribution in [0.1, 0.15) is 116 Å². The van der Waals surface area contributed by atoms with Crippen LogP contribution in [0.4, 0.5) is 0 Å². The van der Waals surface area contributed by atoms with Gasteiger partial charge < -0.3 is 73.3 Å². The van der Waals surface area contributed by atoms with Crippen LogP contribution in [-0.2, 0) is 68.9 Å². The number of rotatable bonds is 36. The molecule has 4 rings (SSSR count). The van der Waals surface area contributed by atoms with Crippen molar-refractivity contribution < 1.29 is 73.3 Å². The molecule has 0 radical (unpaired) electrons. The van der Waals surface area contributed by atoms with E-state index in [0.717, 1.165) is 77.0 Å². The predicted octanol–water partition coefficient (Wildman–Crippen LogP) is 2.05. The number of unbranched alkanes of at least 4 members (excludes halogenated alkanes) is 8. The minimum Gasteiger partial charge on any atom is -0.390 e. The molecule has 0 aliphatic carbocycles. The molecule has 2 aliphatic rings. The van der Waals surface area contributed by atoms with Gasteiger partial charge in [-0.25, -0.2) is 4.68 Å². The number of aromatic nitrogens is 6. The number of hydrogen-bond acceptors (Lipinski definition) is 19. The molecule has 0 spiro atoms. The number of nitrogens with zero attached hydrogens (tertiary/aromatic N) is 6. The molecule has 6 unspecified atom stereocenters. The Morgan fingerprint density at radius 3 is 1.42 bits per heavy atom. The molecule has 2 aromatic heterocycles. The maximum atomic E-state index is 11.1. The van der Waals surface area contributed by atoms with Gasteiger partial charge in [0.2, 0.25) is 0 Å². The summed E-state index contributed by atoms with van der Waals surface area (Å²) in [6.07, 6.45) is 0.863. The first-order valence-electron chi connectivity index (χ1n) is 24.4. The second-order valence-corrected chi connectivity index (χ2v) is 17.4. The lowest BCUT2D eigenvalue weighted by Gasteiger charge is -2.41. The van der Waals surface area contributed by atoms with Crippen LogP contribution in [0.3, 0.4) is 0 Å². The fraction of sp³-hybridized carbons (Fsp3) is 0.911. The van der Waals surface area contributed by atoms with Gasteiger partial charge in [-0.1, -0.05) is 89.5 Å². The SMILES string of the molecule is CCCCCOCC(COCCCCC)OCc1cn(CC2CO[C@H](O[C@H]3OC(Cn4cc(COC(COCCCCC)COCCCCC)nn4)[C@@H](O)C(O)C3O)C(O)C(O)[C@@H]2O)nn1. The normalized spacial score (nSPS) is 26.2. The minimum atomic E-state index is -1.79. The van der Waals surface area contributed by atoms with E-state index in [1.54, 1.807) is 12.4 Å². The third kappa shape index (κ3) is 20.0. The van der Waals surface area contributed by atoms with Crippen LogP contribution >= 0.6 is 0 Å². The molecule has 2 saturated heterocycles. The highest BCUT2D eigenvalue weighted by molar-refractivity contribution is 4.95. The molecule has 10 atom stereocenters. The molecule has 6 N–H and O–H groups in total. The van der Waals surface area contributed by atoms with Gasteiger partial charge in [0.05, 0.1) is 77.8 Å². The highest BCUT2D eigenvalue weighted by Gasteiger charge is 2.48. The van der Waals surface area contributed by atoms with E-state index >= 15 is 0 Å². The molecule has 2 fully saturated rings. The van der Waals surface area contributed by atoms with E-state index in [-0.39, 0.29) is 45.1 Å². The molecule has 0 amide bonds. The van der Waals surface area contributed by atoms with Gasteiger partial charge in [-0.15, -0.1) is 10.2 Å². The van der Waals surface area contributed by atoms with Crippen LogP contribution in [0.2, 0.25) is 0 Å². The van der Waals surface area contributed by atoms with Gasteiger partial charge in [0.15, 0.2) is 12.6 Å². The highest BCUT2D eigenvalue weighted by Crippen LogP contribution is 2.28. The van der Waals surface area contributed by atoms with Crippen LogP contribution in [0.15, 0.2) is 12.4 Å². The minimum absolute atomic E-state index is 0.0515. The average molecular weight is 947 g/mol. The van der Waals surface area contributed by atoms with Crippen molar-refractivity contribution in [3.63, 3.8) is 0 Å². The number of ether oxygens (including phenoxy) is 9. The second kappa shape index (κ2) is 32.5. The molecule has 0 bridgehead atoms. The van der Waals surface area contributed by atoms with Crippen LogP contribution in [0.5, 0.6) is 0 Å². The summed E-state index contributed by atoms with van der Waals surface area (Å²) in [5, 5.41) is 82.5. The van der Waals surface area contributed by atoms with Crippen molar-refractivity contribution in [3.8, 4) is 0 Å². The van der Waals surface area contributed by atoms with Gasteiger partial charge in [-0.2, -0.15) is 0 Å². The van der Waals surface area contributed by atoms with E-state index < -0.39 is 61.2 Å². The van der Waals surface area contributed by atoms with Gasteiger partial charge in [0.1, 0.15) is 60.2 Å². The predicted molar refractivity (Wildman–Crippen MR) is 238 cm³/mol. The van der Waals surface area contributed by atoms with Crippen molar-refractivity contribution in [2.45, 2.75) is 199 Å². The zero-order chi connectivity index (χ0) is 47.5. The fourth-order valence-corrected chi connectivity index (χ4v) is 7.43. The van der Waals surface area contributed by atoms with Crippen molar-refractivity contribution in [1.29, 1.82) is 0 Å². The van der Waals surface area contributed by atoms with E-state index in [2.05, 4.69) is 48.3 Å². The molecule has 4 heterocycles. The molecular formula is C45H82N6O15. The van der Waals surface area contributed by atoms with E-state index in [9.17, 15) is 30.6 Å². The number of aliphatic hydroxyl groups excluding tert-OH is 6. The lowest BCUT2D eigenvalue weighted by atomic mass is 9.96. The summed E-state index contributed by atoms with van der Waals surface area (Å²) in [4.78, 5) is 0. The lowest BCUT2D eigenvalue weighted by molar-refractivity contribution is -0.349. The summed E-state index contributed by atoms with van der Waals surface area (Å²) in [6.45, 7) is 12.6. The Balaban J connectivity index is 1.29. The summed E-state index contributed by atoms with van der Waals surface area (Å²) in [5.41, 5.74) is 1.02. The number of hydrogen-bond donors (Lipinski definition) is 6. The van der Waals surface area contributed by atoms with Crippen molar-refractivity contribution in [2.24, 2.45) is 5.92 Å². The molecule has 21 heteroatoms. The Labute approximate surface area is 390 Å². The third-order valence-electron chi connectivity index (χ3n) is 11.6. The molecule has 0 aromatic carbocycles. The van der Waals surface area contributed by atoms with E-state index in [1.807, 2.05) is 0 Å². The summed E-state index contributed by atoms with van der Waals surface area (Å²) < 4.78 is 56.1. The maximum Gasteiger partial charge on any atom is 0.189 e. The van der Waals surface area contributed by atoms with Gasteiger partial charge >= 0.3 is 0 Å².